The molecule has 8 heteroatoms. The van der Waals surface area contributed by atoms with Crippen molar-refractivity contribution in [3.63, 3.8) is 0 Å². The maximum atomic E-state index is 12.6. The molecule has 2 aromatic rings. The first-order valence-electron chi connectivity index (χ1n) is 8.45. The average molecular weight is 355 g/mol. The molecule has 1 unspecified atom stereocenters. The number of carbonyl (C=O) groups is 2. The fraction of sp³-hybridized carbons (Fsp3) is 0.333. The number of anilines is 2. The molecule has 1 aliphatic heterocycles. The van der Waals surface area contributed by atoms with Gasteiger partial charge in [-0.15, -0.1) is 0 Å². The van der Waals surface area contributed by atoms with Gasteiger partial charge in [-0.1, -0.05) is 6.07 Å². The van der Waals surface area contributed by atoms with E-state index in [1.165, 1.54) is 6.33 Å². The van der Waals surface area contributed by atoms with Crippen LogP contribution in [0.4, 0.5) is 11.5 Å². The molecule has 1 atom stereocenters. The van der Waals surface area contributed by atoms with Crippen LogP contribution in [0.25, 0.3) is 0 Å². The molecule has 1 aromatic heterocycles. The minimum absolute atomic E-state index is 0.184. The molecule has 0 saturated carbocycles. The van der Waals surface area contributed by atoms with E-state index in [9.17, 15) is 14.7 Å². The van der Waals surface area contributed by atoms with Gasteiger partial charge in [-0.3, -0.25) is 9.59 Å². The number of likely N-dealkylation sites (tertiary alicyclic amines) is 1. The van der Waals surface area contributed by atoms with Crippen molar-refractivity contribution in [2.75, 3.05) is 25.5 Å². The molecule has 8 nitrogen and oxygen atoms in total. The van der Waals surface area contributed by atoms with Gasteiger partial charge in [0.25, 0.3) is 11.8 Å². The number of nitrogens with zero attached hydrogens (tertiary/aromatic N) is 3. The van der Waals surface area contributed by atoms with Crippen molar-refractivity contribution in [1.82, 2.24) is 20.2 Å². The Morgan fingerprint density at radius 1 is 1.27 bits per heavy atom. The van der Waals surface area contributed by atoms with Crippen molar-refractivity contribution in [3.05, 3.63) is 47.9 Å². The van der Waals surface area contributed by atoms with E-state index < -0.39 is 6.10 Å². The van der Waals surface area contributed by atoms with Crippen molar-refractivity contribution >= 4 is 23.3 Å². The standard InChI is InChI=1S/C18H21N5O3/c1-19-17(25)12-4-2-5-13(8-12)22-16-9-15(20-11-21-16)18(26)23-7-3-6-14(24)10-23/h2,4-5,8-9,11,14,24H,3,6-7,10H2,1H3,(H,19,25)(H,20,21,22). The first kappa shape index (κ1) is 17.8. The predicted octanol–water partition coefficient (Wildman–Crippen LogP) is 1.18. The largest absolute Gasteiger partial charge is 0.391 e. The summed E-state index contributed by atoms with van der Waals surface area (Å²) in [5.74, 6) is 0.0409. The first-order chi connectivity index (χ1) is 12.6. The van der Waals surface area contributed by atoms with Crippen LogP contribution in [-0.2, 0) is 0 Å². The number of aliphatic hydroxyl groups excluding tert-OH is 1. The van der Waals surface area contributed by atoms with Gasteiger partial charge in [0.15, 0.2) is 0 Å². The second kappa shape index (κ2) is 7.92. The van der Waals surface area contributed by atoms with Gasteiger partial charge in [0.2, 0.25) is 0 Å². The Labute approximate surface area is 151 Å². The van der Waals surface area contributed by atoms with Gasteiger partial charge in [-0.2, -0.15) is 0 Å². The lowest BCUT2D eigenvalue weighted by atomic mass is 10.1. The van der Waals surface area contributed by atoms with Crippen LogP contribution >= 0.6 is 0 Å². The SMILES string of the molecule is CNC(=O)c1cccc(Nc2cc(C(=O)N3CCCC(O)C3)ncn2)c1. The van der Waals surface area contributed by atoms with Gasteiger partial charge in [-0.05, 0) is 31.0 Å². The fourth-order valence-electron chi connectivity index (χ4n) is 2.87. The average Bonchev–Trinajstić information content (AvgIpc) is 2.67. The molecular formula is C18H21N5O3. The van der Waals surface area contributed by atoms with Crippen molar-refractivity contribution in [2.45, 2.75) is 18.9 Å². The molecule has 136 valence electrons. The minimum Gasteiger partial charge on any atom is -0.391 e. The van der Waals surface area contributed by atoms with E-state index >= 15 is 0 Å². The highest BCUT2D eigenvalue weighted by molar-refractivity contribution is 5.95. The second-order valence-electron chi connectivity index (χ2n) is 6.12. The molecule has 2 amide bonds. The van der Waals surface area contributed by atoms with E-state index in [1.807, 2.05) is 0 Å². The number of hydrogen-bond acceptors (Lipinski definition) is 6. The number of aliphatic hydroxyl groups is 1. The molecule has 0 radical (unpaired) electrons. The van der Waals surface area contributed by atoms with Crippen LogP contribution in [0.3, 0.4) is 0 Å². The van der Waals surface area contributed by atoms with E-state index in [0.29, 0.717) is 36.6 Å². The summed E-state index contributed by atoms with van der Waals surface area (Å²) in [6.45, 7) is 0.927. The number of rotatable bonds is 4. The number of amides is 2. The third kappa shape index (κ3) is 4.15. The van der Waals surface area contributed by atoms with E-state index in [1.54, 1.807) is 42.3 Å². The number of nitrogens with one attached hydrogen (secondary N) is 2. The van der Waals surface area contributed by atoms with Gasteiger partial charge >= 0.3 is 0 Å². The number of carbonyl (C=O) groups excluding carboxylic acids is 2. The highest BCUT2D eigenvalue weighted by Gasteiger charge is 2.24. The van der Waals surface area contributed by atoms with E-state index in [-0.39, 0.29) is 17.5 Å². The summed E-state index contributed by atoms with van der Waals surface area (Å²) >= 11 is 0. The quantitative estimate of drug-likeness (QED) is 0.760. The Balaban J connectivity index is 1.75. The van der Waals surface area contributed by atoms with Gasteiger partial charge < -0.3 is 20.6 Å². The minimum atomic E-state index is -0.486. The summed E-state index contributed by atoms with van der Waals surface area (Å²) in [7, 11) is 1.57. The van der Waals surface area contributed by atoms with Gasteiger partial charge in [-0.25, -0.2) is 9.97 Å². The zero-order chi connectivity index (χ0) is 18.5. The van der Waals surface area contributed by atoms with E-state index in [4.69, 9.17) is 0 Å². The fourth-order valence-corrected chi connectivity index (χ4v) is 2.87. The molecule has 1 saturated heterocycles. The summed E-state index contributed by atoms with van der Waals surface area (Å²) in [6.07, 6.45) is 2.32. The Bertz CT molecular complexity index is 811. The van der Waals surface area contributed by atoms with Crippen LogP contribution < -0.4 is 10.6 Å². The lowest BCUT2D eigenvalue weighted by Crippen LogP contribution is -2.42. The molecule has 3 rings (SSSR count). The van der Waals surface area contributed by atoms with Gasteiger partial charge in [0.1, 0.15) is 17.8 Å². The summed E-state index contributed by atoms with van der Waals surface area (Å²) in [5, 5.41) is 15.4. The van der Waals surface area contributed by atoms with E-state index in [0.717, 1.165) is 6.42 Å². The van der Waals surface area contributed by atoms with Crippen LogP contribution in [0.15, 0.2) is 36.7 Å². The summed E-state index contributed by atoms with van der Waals surface area (Å²) in [5.41, 5.74) is 1.46. The summed E-state index contributed by atoms with van der Waals surface area (Å²) in [6, 6.07) is 8.53. The van der Waals surface area contributed by atoms with Crippen LogP contribution in [0, 0.1) is 0 Å². The first-order valence-corrected chi connectivity index (χ1v) is 8.45. The Morgan fingerprint density at radius 2 is 2.12 bits per heavy atom. The van der Waals surface area contributed by atoms with E-state index in [2.05, 4.69) is 20.6 Å². The zero-order valence-electron chi connectivity index (χ0n) is 14.5. The third-order valence-electron chi connectivity index (χ3n) is 4.19. The van der Waals surface area contributed by atoms with Crippen LogP contribution in [0.2, 0.25) is 0 Å². The second-order valence-corrected chi connectivity index (χ2v) is 6.12. The highest BCUT2D eigenvalue weighted by atomic mass is 16.3. The van der Waals surface area contributed by atoms with Crippen LogP contribution in [0.5, 0.6) is 0 Å². The number of β-amino-alcohol motifs (C(OH)–C–C–N with tert-alkyl or cyclic N) is 1. The maximum absolute atomic E-state index is 12.6. The molecule has 1 aliphatic rings. The third-order valence-corrected chi connectivity index (χ3v) is 4.19. The van der Waals surface area contributed by atoms with Gasteiger partial charge in [0, 0.05) is 37.5 Å². The number of aromatic nitrogens is 2. The zero-order valence-corrected chi connectivity index (χ0v) is 14.5. The molecule has 2 heterocycles. The normalized spacial score (nSPS) is 16.8. The smallest absolute Gasteiger partial charge is 0.272 e. The van der Waals surface area contributed by atoms with Crippen LogP contribution in [0.1, 0.15) is 33.7 Å². The Kier molecular flexibility index (Phi) is 5.43. The van der Waals surface area contributed by atoms with Gasteiger partial charge in [0.05, 0.1) is 6.10 Å². The van der Waals surface area contributed by atoms with Crippen molar-refractivity contribution in [1.29, 1.82) is 0 Å². The molecule has 0 spiro atoms. The highest BCUT2D eigenvalue weighted by Crippen LogP contribution is 2.18. The maximum Gasteiger partial charge on any atom is 0.272 e. The number of piperidine rings is 1. The Morgan fingerprint density at radius 3 is 2.88 bits per heavy atom. The monoisotopic (exact) mass is 355 g/mol. The number of hydrogen-bond donors (Lipinski definition) is 3. The molecule has 26 heavy (non-hydrogen) atoms. The predicted molar refractivity (Wildman–Crippen MR) is 96.3 cm³/mol. The summed E-state index contributed by atoms with van der Waals surface area (Å²) < 4.78 is 0. The molecule has 0 aliphatic carbocycles. The molecule has 0 bridgehead atoms. The lowest BCUT2D eigenvalue weighted by molar-refractivity contribution is 0.0469. The molecular weight excluding hydrogens is 334 g/mol. The number of benzene rings is 1. The molecule has 1 fully saturated rings. The van der Waals surface area contributed by atoms with Crippen molar-refractivity contribution in [3.8, 4) is 0 Å². The van der Waals surface area contributed by atoms with Crippen molar-refractivity contribution in [2.24, 2.45) is 0 Å². The lowest BCUT2D eigenvalue weighted by Gasteiger charge is -2.29. The topological polar surface area (TPSA) is 107 Å². The Hall–Kier alpha value is -3.00. The molecule has 1 aromatic carbocycles. The summed E-state index contributed by atoms with van der Waals surface area (Å²) in [4.78, 5) is 34.1. The van der Waals surface area contributed by atoms with Crippen molar-refractivity contribution < 1.29 is 14.7 Å². The van der Waals surface area contributed by atoms with Crippen LogP contribution in [-0.4, -0.2) is 58.0 Å². The molecule has 3 N–H and O–H groups in total.